The molecule has 11 heteroatoms. The fourth-order valence-corrected chi connectivity index (χ4v) is 4.89. The van der Waals surface area contributed by atoms with Gasteiger partial charge in [-0.2, -0.15) is 0 Å². The van der Waals surface area contributed by atoms with Crippen LogP contribution in [-0.4, -0.2) is 40.2 Å². The maximum Gasteiger partial charge on any atom is 0.326 e. The van der Waals surface area contributed by atoms with Crippen molar-refractivity contribution in [2.45, 2.75) is 31.4 Å². The highest BCUT2D eigenvalue weighted by atomic mass is 35.5. The predicted molar refractivity (Wildman–Crippen MR) is 139 cm³/mol. The molecule has 0 saturated heterocycles. The summed E-state index contributed by atoms with van der Waals surface area (Å²) in [6.45, 7) is 1.58. The fraction of sp³-hybridized carbons (Fsp3) is 0.200. The predicted octanol–water partition coefficient (Wildman–Crippen LogP) is 5.00. The molecule has 2 atom stereocenters. The van der Waals surface area contributed by atoms with E-state index in [2.05, 4.69) is 15.8 Å². The van der Waals surface area contributed by atoms with Gasteiger partial charge in [0.25, 0.3) is 11.8 Å². The van der Waals surface area contributed by atoms with Gasteiger partial charge in [-0.25, -0.2) is 4.79 Å². The second kappa shape index (κ2) is 10.7. The molecular weight excluding hydrogens is 525 g/mol. The van der Waals surface area contributed by atoms with Crippen molar-refractivity contribution in [3.63, 3.8) is 0 Å². The van der Waals surface area contributed by atoms with Gasteiger partial charge >= 0.3 is 5.97 Å². The molecule has 1 aliphatic rings. The number of anilines is 1. The third-order valence-corrected chi connectivity index (χ3v) is 7.14. The molecule has 8 nitrogen and oxygen atoms in total. The Morgan fingerprint density at radius 1 is 1.11 bits per heavy atom. The van der Waals surface area contributed by atoms with Crippen LogP contribution in [0.2, 0.25) is 10.0 Å². The number of rotatable bonds is 8. The van der Waals surface area contributed by atoms with Gasteiger partial charge in [-0.1, -0.05) is 52.6 Å². The van der Waals surface area contributed by atoms with Crippen LogP contribution >= 0.6 is 34.5 Å². The van der Waals surface area contributed by atoms with Crippen molar-refractivity contribution < 1.29 is 24.3 Å². The smallest absolute Gasteiger partial charge is 0.326 e. The zero-order chi connectivity index (χ0) is 25.9. The summed E-state index contributed by atoms with van der Waals surface area (Å²) in [7, 11) is 0. The van der Waals surface area contributed by atoms with Crippen LogP contribution in [0.1, 0.15) is 34.1 Å². The fourth-order valence-electron chi connectivity index (χ4n) is 3.62. The molecule has 36 heavy (non-hydrogen) atoms. The molecule has 0 fully saturated rings. The number of carbonyl (C=O) groups excluding carboxylic acids is 2. The summed E-state index contributed by atoms with van der Waals surface area (Å²) < 4.78 is 0. The zero-order valence-electron chi connectivity index (χ0n) is 19.0. The molecule has 2 amide bonds. The molecule has 3 aromatic rings. The molecule has 186 valence electrons. The maximum atomic E-state index is 12.9. The van der Waals surface area contributed by atoms with E-state index >= 15 is 0 Å². The van der Waals surface area contributed by atoms with Crippen molar-refractivity contribution in [3.05, 3.63) is 86.0 Å². The molecule has 1 aliphatic heterocycles. The summed E-state index contributed by atoms with van der Waals surface area (Å²) in [5.74, 6) is -2.22. The highest BCUT2D eigenvalue weighted by molar-refractivity contribution is 7.12. The lowest BCUT2D eigenvalue weighted by Gasteiger charge is -2.23. The first-order valence-corrected chi connectivity index (χ1v) is 12.5. The number of oxime groups is 1. The van der Waals surface area contributed by atoms with Crippen molar-refractivity contribution in [3.8, 4) is 0 Å². The van der Waals surface area contributed by atoms with Crippen LogP contribution in [0.4, 0.5) is 5.69 Å². The number of thiophene rings is 1. The van der Waals surface area contributed by atoms with Crippen LogP contribution in [0, 0.1) is 0 Å². The largest absolute Gasteiger partial charge is 0.480 e. The Hall–Kier alpha value is -3.40. The molecule has 0 radical (unpaired) electrons. The molecular formula is C25H21Cl2N3O5S. The van der Waals surface area contributed by atoms with E-state index in [0.717, 1.165) is 4.88 Å². The number of hydrogen-bond donors (Lipinski definition) is 3. The monoisotopic (exact) mass is 545 g/mol. The average Bonchev–Trinajstić information content (AvgIpc) is 3.50. The Balaban J connectivity index is 1.38. The molecule has 2 heterocycles. The van der Waals surface area contributed by atoms with E-state index in [4.69, 9.17) is 28.0 Å². The summed E-state index contributed by atoms with van der Waals surface area (Å²) in [4.78, 5) is 43.6. The summed E-state index contributed by atoms with van der Waals surface area (Å²) in [5.41, 5.74) is 0.615. The number of nitrogens with one attached hydrogen (secondary N) is 2. The van der Waals surface area contributed by atoms with E-state index in [0.29, 0.717) is 17.0 Å². The Kier molecular flexibility index (Phi) is 7.63. The molecule has 0 saturated carbocycles. The van der Waals surface area contributed by atoms with Crippen LogP contribution in [0.5, 0.6) is 0 Å². The van der Waals surface area contributed by atoms with Crippen LogP contribution in [-0.2, 0) is 20.8 Å². The quantitative estimate of drug-likeness (QED) is 0.368. The Bertz CT molecular complexity index is 1310. The average molecular weight is 546 g/mol. The van der Waals surface area contributed by atoms with Crippen LogP contribution < -0.4 is 10.6 Å². The van der Waals surface area contributed by atoms with Crippen molar-refractivity contribution in [2.75, 3.05) is 5.32 Å². The minimum Gasteiger partial charge on any atom is -0.480 e. The highest BCUT2D eigenvalue weighted by Gasteiger charge is 2.43. The SMILES string of the molecule is CC1(C(=O)N[C@@H](Cc2ccc(NC(=O)c3c(Cl)cccc3Cl)cc2)C(=O)O)CC(c2cccs2)=NO1. The van der Waals surface area contributed by atoms with Crippen LogP contribution in [0.3, 0.4) is 0 Å². The summed E-state index contributed by atoms with van der Waals surface area (Å²) in [6, 6.07) is 13.9. The van der Waals surface area contributed by atoms with Gasteiger partial charge in [0.05, 0.1) is 20.5 Å². The van der Waals surface area contributed by atoms with E-state index in [1.807, 2.05) is 17.5 Å². The van der Waals surface area contributed by atoms with Crippen LogP contribution in [0.25, 0.3) is 0 Å². The molecule has 0 spiro atoms. The third-order valence-electron chi connectivity index (χ3n) is 5.59. The summed E-state index contributed by atoms with van der Waals surface area (Å²) in [5, 5.41) is 21.3. The van der Waals surface area contributed by atoms with Gasteiger partial charge in [0.1, 0.15) is 11.8 Å². The normalized spacial score (nSPS) is 17.6. The molecule has 3 N–H and O–H groups in total. The Morgan fingerprint density at radius 2 is 1.81 bits per heavy atom. The lowest BCUT2D eigenvalue weighted by molar-refractivity contribution is -0.148. The number of benzene rings is 2. The number of carboxylic acid groups (broad SMARTS) is 1. The molecule has 1 aromatic heterocycles. The van der Waals surface area contributed by atoms with E-state index in [1.54, 1.807) is 49.4 Å². The lowest BCUT2D eigenvalue weighted by atomic mass is 9.97. The number of halogens is 2. The molecule has 0 aliphatic carbocycles. The van der Waals surface area contributed by atoms with Crippen molar-refractivity contribution in [1.29, 1.82) is 0 Å². The highest BCUT2D eigenvalue weighted by Crippen LogP contribution is 2.29. The van der Waals surface area contributed by atoms with Gasteiger partial charge in [0.2, 0.25) is 5.60 Å². The van der Waals surface area contributed by atoms with E-state index in [-0.39, 0.29) is 28.5 Å². The van der Waals surface area contributed by atoms with E-state index in [9.17, 15) is 19.5 Å². The van der Waals surface area contributed by atoms with E-state index < -0.39 is 29.4 Å². The summed E-state index contributed by atoms with van der Waals surface area (Å²) >= 11 is 13.7. The first-order chi connectivity index (χ1) is 17.2. The minimum atomic E-state index is -1.30. The zero-order valence-corrected chi connectivity index (χ0v) is 21.3. The van der Waals surface area contributed by atoms with Gasteiger partial charge in [-0.05, 0) is 48.2 Å². The number of aliphatic carboxylic acids is 1. The second-order valence-corrected chi connectivity index (χ2v) is 10.1. The molecule has 4 rings (SSSR count). The minimum absolute atomic E-state index is 0.0281. The van der Waals surface area contributed by atoms with Gasteiger partial charge in [-0.15, -0.1) is 11.3 Å². The molecule has 2 aromatic carbocycles. The number of carbonyl (C=O) groups is 3. The number of hydrogen-bond acceptors (Lipinski definition) is 6. The Morgan fingerprint density at radius 3 is 2.42 bits per heavy atom. The number of amides is 2. The van der Waals surface area contributed by atoms with E-state index in [1.165, 1.54) is 11.3 Å². The first-order valence-electron chi connectivity index (χ1n) is 10.8. The maximum absolute atomic E-state index is 12.9. The molecule has 1 unspecified atom stereocenters. The van der Waals surface area contributed by atoms with Gasteiger partial charge < -0.3 is 20.6 Å². The Labute approximate surface area is 220 Å². The number of carboxylic acids is 1. The van der Waals surface area contributed by atoms with Gasteiger partial charge in [0.15, 0.2) is 0 Å². The standard InChI is InChI=1S/C25H21Cl2N3O5S/c1-25(13-19(30-35-25)20-6-3-11-36-20)24(34)29-18(23(32)33)12-14-7-9-15(10-8-14)28-22(31)21-16(26)4-2-5-17(21)27/h2-11,18H,12-13H2,1H3,(H,28,31)(H,29,34)(H,32,33)/t18-,25?/m0/s1. The van der Waals surface area contributed by atoms with Crippen LogP contribution in [0.15, 0.2) is 65.1 Å². The van der Waals surface area contributed by atoms with Crippen molar-refractivity contribution >= 4 is 63.7 Å². The van der Waals surface area contributed by atoms with Crippen molar-refractivity contribution in [2.24, 2.45) is 5.16 Å². The second-order valence-electron chi connectivity index (χ2n) is 8.33. The third kappa shape index (κ3) is 5.70. The lowest BCUT2D eigenvalue weighted by Crippen LogP contribution is -2.51. The van der Waals surface area contributed by atoms with Gasteiger partial charge in [0, 0.05) is 18.5 Å². The van der Waals surface area contributed by atoms with Crippen molar-refractivity contribution in [1.82, 2.24) is 5.32 Å². The topological polar surface area (TPSA) is 117 Å². The first kappa shape index (κ1) is 25.7. The van der Waals surface area contributed by atoms with Gasteiger partial charge in [-0.3, -0.25) is 9.59 Å². The summed E-state index contributed by atoms with van der Waals surface area (Å²) in [6.07, 6.45) is 0.260. The molecule has 0 bridgehead atoms. The number of nitrogens with zero attached hydrogens (tertiary/aromatic N) is 1.